The first-order chi connectivity index (χ1) is 7.31. The highest BCUT2D eigenvalue weighted by atomic mass is 16.5. The molecule has 1 N–H and O–H groups in total. The molecule has 0 spiro atoms. The molecule has 1 aromatic carbocycles. The van der Waals surface area contributed by atoms with Crippen molar-refractivity contribution in [3.8, 4) is 0 Å². The van der Waals surface area contributed by atoms with E-state index in [-0.39, 0.29) is 5.97 Å². The summed E-state index contributed by atoms with van der Waals surface area (Å²) in [6.07, 6.45) is 0. The van der Waals surface area contributed by atoms with Crippen molar-refractivity contribution in [3.63, 3.8) is 0 Å². The fraction of sp³-hybridized carbons (Fsp3) is 0.364. The number of carbonyl (C=O) groups is 1. The van der Waals surface area contributed by atoms with Crippen LogP contribution in [0, 0.1) is 0 Å². The predicted molar refractivity (Wildman–Crippen MR) is 56.0 cm³/mol. The van der Waals surface area contributed by atoms with Gasteiger partial charge in [-0.2, -0.15) is 0 Å². The average Bonchev–Trinajstić information content (AvgIpc) is 2.23. The Hall–Kier alpha value is -1.55. The Morgan fingerprint density at radius 3 is 2.80 bits per heavy atom. The molecule has 0 amide bonds. The van der Waals surface area contributed by atoms with Crippen LogP contribution in [0.2, 0.25) is 0 Å². The second-order valence-electron chi connectivity index (χ2n) is 3.42. The Labute approximate surface area is 88.2 Å². The van der Waals surface area contributed by atoms with Gasteiger partial charge in [-0.15, -0.1) is 0 Å². The smallest absolute Gasteiger partial charge is 0.339 e. The van der Waals surface area contributed by atoms with E-state index in [1.54, 1.807) is 6.07 Å². The molecule has 1 saturated heterocycles. The molecule has 0 atom stereocenters. The van der Waals surface area contributed by atoms with Crippen molar-refractivity contribution >= 4 is 11.7 Å². The number of hydrogen-bond acceptors (Lipinski definition) is 4. The Balaban J connectivity index is 2.16. The summed E-state index contributed by atoms with van der Waals surface area (Å²) in [6.45, 7) is 1.38. The van der Waals surface area contributed by atoms with Crippen LogP contribution in [0.15, 0.2) is 24.3 Å². The second-order valence-corrected chi connectivity index (χ2v) is 3.42. The van der Waals surface area contributed by atoms with Crippen molar-refractivity contribution in [1.82, 2.24) is 0 Å². The molecule has 1 aromatic rings. The van der Waals surface area contributed by atoms with Gasteiger partial charge in [0, 0.05) is 5.69 Å². The molecule has 1 fully saturated rings. The maximum Gasteiger partial charge on any atom is 0.339 e. The van der Waals surface area contributed by atoms with Crippen molar-refractivity contribution in [2.24, 2.45) is 0 Å². The van der Waals surface area contributed by atoms with E-state index in [9.17, 15) is 4.79 Å². The molecule has 1 heterocycles. The molecule has 0 bridgehead atoms. The summed E-state index contributed by atoms with van der Waals surface area (Å²) < 4.78 is 9.76. The molecule has 0 aromatic heterocycles. The number of carbonyl (C=O) groups excluding carboxylic acids is 1. The molecule has 2 rings (SSSR count). The van der Waals surface area contributed by atoms with Crippen LogP contribution in [0.25, 0.3) is 0 Å². The highest BCUT2D eigenvalue weighted by Gasteiger charge is 2.20. The summed E-state index contributed by atoms with van der Waals surface area (Å²) in [4.78, 5) is 11.4. The lowest BCUT2D eigenvalue weighted by Crippen LogP contribution is -2.40. The minimum Gasteiger partial charge on any atom is -0.465 e. The SMILES string of the molecule is COC(=O)c1ccccc1NC1COC1. The maximum atomic E-state index is 11.4. The highest BCUT2D eigenvalue weighted by Crippen LogP contribution is 2.18. The zero-order chi connectivity index (χ0) is 10.7. The quantitative estimate of drug-likeness (QED) is 0.758. The lowest BCUT2D eigenvalue weighted by molar-refractivity contribution is 0.0210. The van der Waals surface area contributed by atoms with Crippen LogP contribution >= 0.6 is 0 Å². The van der Waals surface area contributed by atoms with Crippen LogP contribution in [-0.2, 0) is 9.47 Å². The van der Waals surface area contributed by atoms with E-state index < -0.39 is 0 Å². The van der Waals surface area contributed by atoms with Gasteiger partial charge in [-0.25, -0.2) is 4.79 Å². The maximum absolute atomic E-state index is 11.4. The van der Waals surface area contributed by atoms with Gasteiger partial charge >= 0.3 is 5.97 Å². The Morgan fingerprint density at radius 1 is 1.47 bits per heavy atom. The number of para-hydroxylation sites is 1. The molecule has 0 radical (unpaired) electrons. The number of hydrogen-bond donors (Lipinski definition) is 1. The number of anilines is 1. The predicted octanol–water partition coefficient (Wildman–Crippen LogP) is 1.28. The fourth-order valence-electron chi connectivity index (χ4n) is 1.44. The van der Waals surface area contributed by atoms with Gasteiger partial charge in [0.15, 0.2) is 0 Å². The van der Waals surface area contributed by atoms with Crippen LogP contribution in [0.3, 0.4) is 0 Å². The molecular weight excluding hydrogens is 194 g/mol. The number of ether oxygens (including phenoxy) is 2. The summed E-state index contributed by atoms with van der Waals surface area (Å²) in [7, 11) is 1.38. The van der Waals surface area contributed by atoms with Crippen LogP contribution in [-0.4, -0.2) is 32.3 Å². The Morgan fingerprint density at radius 2 is 2.20 bits per heavy atom. The molecule has 0 saturated carbocycles. The van der Waals surface area contributed by atoms with Crippen LogP contribution in [0.5, 0.6) is 0 Å². The third-order valence-corrected chi connectivity index (χ3v) is 2.33. The van der Waals surface area contributed by atoms with E-state index >= 15 is 0 Å². The Kier molecular flexibility index (Phi) is 2.87. The third-order valence-electron chi connectivity index (χ3n) is 2.33. The zero-order valence-electron chi connectivity index (χ0n) is 8.53. The molecular formula is C11H13NO3. The van der Waals surface area contributed by atoms with E-state index in [1.807, 2.05) is 18.2 Å². The normalized spacial score (nSPS) is 15.5. The van der Waals surface area contributed by atoms with Crippen molar-refractivity contribution in [3.05, 3.63) is 29.8 Å². The number of nitrogens with one attached hydrogen (secondary N) is 1. The lowest BCUT2D eigenvalue weighted by atomic mass is 10.1. The van der Waals surface area contributed by atoms with Gasteiger partial charge in [0.2, 0.25) is 0 Å². The zero-order valence-corrected chi connectivity index (χ0v) is 8.53. The van der Waals surface area contributed by atoms with E-state index in [2.05, 4.69) is 5.32 Å². The largest absolute Gasteiger partial charge is 0.465 e. The van der Waals surface area contributed by atoms with Gasteiger partial charge in [-0.3, -0.25) is 0 Å². The minimum atomic E-state index is -0.321. The lowest BCUT2D eigenvalue weighted by Gasteiger charge is -2.28. The molecule has 80 valence electrons. The summed E-state index contributed by atoms with van der Waals surface area (Å²) >= 11 is 0. The first-order valence-corrected chi connectivity index (χ1v) is 4.83. The number of methoxy groups -OCH3 is 1. The summed E-state index contributed by atoms with van der Waals surface area (Å²) in [6, 6.07) is 7.61. The van der Waals surface area contributed by atoms with Gasteiger partial charge in [0.25, 0.3) is 0 Å². The first-order valence-electron chi connectivity index (χ1n) is 4.83. The fourth-order valence-corrected chi connectivity index (χ4v) is 1.44. The van der Waals surface area contributed by atoms with Gasteiger partial charge in [-0.1, -0.05) is 12.1 Å². The van der Waals surface area contributed by atoms with Gasteiger partial charge in [0.05, 0.1) is 31.9 Å². The number of benzene rings is 1. The van der Waals surface area contributed by atoms with E-state index in [1.165, 1.54) is 7.11 Å². The second kappa shape index (κ2) is 4.31. The molecule has 4 heteroatoms. The van der Waals surface area contributed by atoms with Crippen molar-refractivity contribution < 1.29 is 14.3 Å². The molecule has 1 aliphatic rings. The standard InChI is InChI=1S/C11H13NO3/c1-14-11(13)9-4-2-3-5-10(9)12-8-6-15-7-8/h2-5,8,12H,6-7H2,1H3. The van der Waals surface area contributed by atoms with Gasteiger partial charge in [-0.05, 0) is 12.1 Å². The van der Waals surface area contributed by atoms with Crippen LogP contribution in [0.1, 0.15) is 10.4 Å². The third kappa shape index (κ3) is 2.10. The van der Waals surface area contributed by atoms with Gasteiger partial charge < -0.3 is 14.8 Å². The molecule has 0 unspecified atom stereocenters. The van der Waals surface area contributed by atoms with Crippen molar-refractivity contribution in [2.45, 2.75) is 6.04 Å². The molecule has 4 nitrogen and oxygen atoms in total. The monoisotopic (exact) mass is 207 g/mol. The van der Waals surface area contributed by atoms with Crippen molar-refractivity contribution in [2.75, 3.05) is 25.6 Å². The van der Waals surface area contributed by atoms with E-state index in [0.717, 1.165) is 5.69 Å². The summed E-state index contributed by atoms with van der Waals surface area (Å²) in [5.41, 5.74) is 1.37. The van der Waals surface area contributed by atoms with Crippen LogP contribution < -0.4 is 5.32 Å². The highest BCUT2D eigenvalue weighted by molar-refractivity contribution is 5.95. The van der Waals surface area contributed by atoms with E-state index in [4.69, 9.17) is 9.47 Å². The minimum absolute atomic E-state index is 0.302. The van der Waals surface area contributed by atoms with Gasteiger partial charge in [0.1, 0.15) is 0 Å². The topological polar surface area (TPSA) is 47.6 Å². The Bertz CT molecular complexity index is 361. The molecule has 0 aliphatic carbocycles. The summed E-state index contributed by atoms with van der Waals surface area (Å²) in [5, 5.41) is 3.24. The number of rotatable bonds is 3. The summed E-state index contributed by atoms with van der Waals surface area (Å²) in [5.74, 6) is -0.321. The molecule has 15 heavy (non-hydrogen) atoms. The van der Waals surface area contributed by atoms with Crippen LogP contribution in [0.4, 0.5) is 5.69 Å². The molecule has 1 aliphatic heterocycles. The number of esters is 1. The van der Waals surface area contributed by atoms with E-state index in [0.29, 0.717) is 24.8 Å². The average molecular weight is 207 g/mol. The van der Waals surface area contributed by atoms with Crippen molar-refractivity contribution in [1.29, 1.82) is 0 Å². The first kappa shape index (κ1) is 9.98.